The third-order valence-corrected chi connectivity index (χ3v) is 6.76. The first-order chi connectivity index (χ1) is 17.9. The molecule has 2 aromatic carbocycles. The van der Waals surface area contributed by atoms with Gasteiger partial charge in [0.15, 0.2) is 0 Å². The van der Waals surface area contributed by atoms with Crippen LogP contribution in [0.4, 0.5) is 0 Å². The zero-order valence-electron chi connectivity index (χ0n) is 21.2. The summed E-state index contributed by atoms with van der Waals surface area (Å²) in [6.45, 7) is 4.07. The summed E-state index contributed by atoms with van der Waals surface area (Å²) < 4.78 is 17.2. The van der Waals surface area contributed by atoms with Crippen LogP contribution in [0.25, 0.3) is 0 Å². The molecule has 3 unspecified atom stereocenters. The quantitative estimate of drug-likeness (QED) is 0.444. The van der Waals surface area contributed by atoms with Crippen LogP contribution in [-0.2, 0) is 36.9 Å². The van der Waals surface area contributed by atoms with E-state index < -0.39 is 42.1 Å². The number of carbonyl (C=O) groups is 3. The average molecular weight is 511 g/mol. The van der Waals surface area contributed by atoms with Crippen LogP contribution in [0, 0.1) is 0 Å². The largest absolute Gasteiger partial charge is 0.490 e. The van der Waals surface area contributed by atoms with E-state index in [9.17, 15) is 19.5 Å². The van der Waals surface area contributed by atoms with Gasteiger partial charge in [0.05, 0.1) is 25.4 Å². The van der Waals surface area contributed by atoms with Crippen molar-refractivity contribution in [3.05, 3.63) is 65.7 Å². The number of amides is 1. The lowest BCUT2D eigenvalue weighted by Gasteiger charge is -2.28. The lowest BCUT2D eigenvalue weighted by molar-refractivity contribution is -0.150. The maximum atomic E-state index is 13.4. The number of nitrogens with one attached hydrogen (secondary N) is 1. The molecule has 1 amide bonds. The Balaban J connectivity index is 1.38. The second kappa shape index (κ2) is 12.2. The van der Waals surface area contributed by atoms with Crippen LogP contribution in [0.3, 0.4) is 0 Å². The lowest BCUT2D eigenvalue weighted by atomic mass is 10.0. The number of fused-ring (bicyclic) bond motifs is 1. The van der Waals surface area contributed by atoms with E-state index in [1.165, 1.54) is 4.90 Å². The van der Waals surface area contributed by atoms with Crippen molar-refractivity contribution in [2.45, 2.75) is 70.1 Å². The molecule has 37 heavy (non-hydrogen) atoms. The molecule has 0 bridgehead atoms. The second-order valence-electron chi connectivity index (χ2n) is 9.48. The fourth-order valence-corrected chi connectivity index (χ4v) is 4.93. The minimum Gasteiger partial charge on any atom is -0.490 e. The second-order valence-corrected chi connectivity index (χ2v) is 9.48. The minimum atomic E-state index is -1.08. The van der Waals surface area contributed by atoms with Gasteiger partial charge in [-0.2, -0.15) is 0 Å². The van der Waals surface area contributed by atoms with Gasteiger partial charge in [0.2, 0.25) is 5.91 Å². The Labute approximate surface area is 216 Å². The maximum Gasteiger partial charge on any atom is 0.326 e. The molecule has 2 aliphatic rings. The fraction of sp³-hybridized carbons (Fsp3) is 0.464. The van der Waals surface area contributed by atoms with Gasteiger partial charge in [-0.15, -0.1) is 0 Å². The Morgan fingerprint density at radius 2 is 1.86 bits per heavy atom. The number of carboxylic acids is 1. The van der Waals surface area contributed by atoms with E-state index in [1.807, 2.05) is 54.6 Å². The van der Waals surface area contributed by atoms with Gasteiger partial charge in [-0.3, -0.25) is 14.9 Å². The molecule has 9 heteroatoms. The predicted octanol–water partition coefficient (Wildman–Crippen LogP) is 2.56. The summed E-state index contributed by atoms with van der Waals surface area (Å²) in [6, 6.07) is 14.7. The Kier molecular flexibility index (Phi) is 8.78. The van der Waals surface area contributed by atoms with E-state index in [0.29, 0.717) is 19.4 Å². The topological polar surface area (TPSA) is 114 Å². The Hall–Kier alpha value is -3.43. The van der Waals surface area contributed by atoms with Crippen LogP contribution >= 0.6 is 0 Å². The molecule has 2 N–H and O–H groups in total. The third kappa shape index (κ3) is 6.67. The van der Waals surface area contributed by atoms with Crippen LogP contribution in [-0.4, -0.2) is 71.3 Å². The van der Waals surface area contributed by atoms with Crippen molar-refractivity contribution in [2.24, 2.45) is 0 Å². The average Bonchev–Trinajstić information content (AvgIpc) is 3.51. The van der Waals surface area contributed by atoms with Crippen LogP contribution in [0.1, 0.15) is 37.8 Å². The van der Waals surface area contributed by atoms with Gasteiger partial charge in [-0.1, -0.05) is 48.5 Å². The third-order valence-electron chi connectivity index (χ3n) is 6.76. The Morgan fingerprint density at radius 1 is 1.14 bits per heavy atom. The molecule has 0 aliphatic carbocycles. The summed E-state index contributed by atoms with van der Waals surface area (Å²) in [5, 5.41) is 12.9. The van der Waals surface area contributed by atoms with E-state index in [4.69, 9.17) is 14.2 Å². The fourth-order valence-electron chi connectivity index (χ4n) is 4.93. The van der Waals surface area contributed by atoms with E-state index in [2.05, 4.69) is 5.32 Å². The summed E-state index contributed by atoms with van der Waals surface area (Å²) in [5.74, 6) is -1.15. The van der Waals surface area contributed by atoms with Gasteiger partial charge < -0.3 is 24.2 Å². The number of benzene rings is 2. The van der Waals surface area contributed by atoms with E-state index in [1.54, 1.807) is 13.8 Å². The van der Waals surface area contributed by atoms with Gasteiger partial charge >= 0.3 is 11.9 Å². The lowest BCUT2D eigenvalue weighted by Crippen LogP contribution is -2.54. The summed E-state index contributed by atoms with van der Waals surface area (Å²) in [6.07, 6.45) is 0.537. The molecule has 1 saturated heterocycles. The summed E-state index contributed by atoms with van der Waals surface area (Å²) >= 11 is 0. The maximum absolute atomic E-state index is 13.4. The van der Waals surface area contributed by atoms with Gasteiger partial charge in [0.25, 0.3) is 0 Å². The van der Waals surface area contributed by atoms with E-state index in [-0.39, 0.29) is 25.7 Å². The van der Waals surface area contributed by atoms with Gasteiger partial charge in [-0.25, -0.2) is 4.79 Å². The van der Waals surface area contributed by atoms with Crippen molar-refractivity contribution in [3.63, 3.8) is 0 Å². The van der Waals surface area contributed by atoms with Crippen molar-refractivity contribution in [1.82, 2.24) is 10.2 Å². The smallest absolute Gasteiger partial charge is 0.326 e. The van der Waals surface area contributed by atoms with Crippen molar-refractivity contribution < 1.29 is 33.7 Å². The molecule has 5 atom stereocenters. The highest BCUT2D eigenvalue weighted by Gasteiger charge is 2.42. The normalized spacial score (nSPS) is 22.1. The molecule has 9 nitrogen and oxygen atoms in total. The number of hydrogen-bond acceptors (Lipinski definition) is 7. The van der Waals surface area contributed by atoms with Crippen molar-refractivity contribution in [3.8, 4) is 5.75 Å². The van der Waals surface area contributed by atoms with Gasteiger partial charge in [0.1, 0.15) is 23.9 Å². The molecular weight excluding hydrogens is 476 g/mol. The number of hydrogen-bond donors (Lipinski definition) is 2. The van der Waals surface area contributed by atoms with Crippen molar-refractivity contribution in [1.29, 1.82) is 0 Å². The monoisotopic (exact) mass is 510 g/mol. The molecule has 1 fully saturated rings. The van der Waals surface area contributed by atoms with Crippen molar-refractivity contribution >= 4 is 17.8 Å². The minimum absolute atomic E-state index is 0.166. The highest BCUT2D eigenvalue weighted by Crippen LogP contribution is 2.30. The highest BCUT2D eigenvalue weighted by atomic mass is 16.5. The number of para-hydroxylation sites is 1. The van der Waals surface area contributed by atoms with E-state index in [0.717, 1.165) is 16.9 Å². The number of nitrogens with zero attached hydrogens (tertiary/aromatic N) is 1. The molecule has 198 valence electrons. The van der Waals surface area contributed by atoms with Crippen molar-refractivity contribution in [2.75, 3.05) is 13.2 Å². The van der Waals surface area contributed by atoms with E-state index >= 15 is 0 Å². The standard InChI is InChI=1S/C28H34N2O7/c1-3-35-28(34)23(14-21-13-20-11-7-8-12-25(20)37-21)29-18(2)26(31)30-16-22(15-24(30)27(32)33)36-17-19-9-5-4-6-10-19/h4-12,18,21-24,29H,3,13-17H2,1-2H3,(H,32,33)/t18-,21?,22?,23?,24-/m0/s1. The molecule has 4 rings (SSSR count). The number of likely N-dealkylation sites (tertiary alicyclic amines) is 1. The summed E-state index contributed by atoms with van der Waals surface area (Å²) in [5.41, 5.74) is 2.05. The molecule has 0 aromatic heterocycles. The number of aliphatic carboxylic acids is 1. The highest BCUT2D eigenvalue weighted by molar-refractivity contribution is 5.88. The summed E-state index contributed by atoms with van der Waals surface area (Å²) in [4.78, 5) is 39.4. The van der Waals surface area contributed by atoms with Gasteiger partial charge in [-0.05, 0) is 31.0 Å². The number of carbonyl (C=O) groups excluding carboxylic acids is 2. The first kappa shape index (κ1) is 26.6. The molecule has 2 heterocycles. The molecular formula is C28H34N2O7. The Morgan fingerprint density at radius 3 is 2.57 bits per heavy atom. The van der Waals surface area contributed by atoms with Crippen LogP contribution in [0.5, 0.6) is 5.75 Å². The molecule has 0 saturated carbocycles. The number of rotatable bonds is 11. The zero-order chi connectivity index (χ0) is 26.4. The SMILES string of the molecule is CCOC(=O)C(CC1Cc2ccccc2O1)N[C@@H](C)C(=O)N1CC(OCc2ccccc2)C[C@H]1C(=O)O. The molecule has 0 spiro atoms. The van der Waals surface area contributed by atoms with Crippen LogP contribution < -0.4 is 10.1 Å². The molecule has 0 radical (unpaired) electrons. The molecule has 2 aliphatic heterocycles. The van der Waals surface area contributed by atoms with Gasteiger partial charge in [0, 0.05) is 25.8 Å². The first-order valence-electron chi connectivity index (χ1n) is 12.7. The van der Waals surface area contributed by atoms with Crippen LogP contribution in [0.2, 0.25) is 0 Å². The Bertz CT molecular complexity index is 1070. The zero-order valence-corrected chi connectivity index (χ0v) is 21.2. The summed E-state index contributed by atoms with van der Waals surface area (Å²) in [7, 11) is 0. The number of ether oxygens (including phenoxy) is 3. The molecule has 2 aromatic rings. The predicted molar refractivity (Wildman–Crippen MR) is 135 cm³/mol. The first-order valence-corrected chi connectivity index (χ1v) is 12.7. The van der Waals surface area contributed by atoms with Crippen LogP contribution in [0.15, 0.2) is 54.6 Å². The number of esters is 1. The number of carboxylic acid groups (broad SMARTS) is 1.